The van der Waals surface area contributed by atoms with Crippen LogP contribution in [0, 0.1) is 0 Å². The maximum absolute atomic E-state index is 6.14. The van der Waals surface area contributed by atoms with Gasteiger partial charge in [-0.15, -0.1) is 0 Å². The normalized spacial score (nSPS) is 10.4. The maximum Gasteiger partial charge on any atom is 0.160 e. The fraction of sp³-hybridized carbons (Fsp3) is 0. The summed E-state index contributed by atoms with van der Waals surface area (Å²) in [7, 11) is 0. The molecule has 0 N–H and O–H groups in total. The van der Waals surface area contributed by atoms with Crippen LogP contribution in [0.3, 0.4) is 0 Å². The Labute approximate surface area is 116 Å². The Morgan fingerprint density at radius 2 is 1.32 bits per heavy atom. The number of rotatable bonds is 2. The highest BCUT2D eigenvalue weighted by Gasteiger charge is 2.05. The number of nitrogens with zero attached hydrogens (tertiary/aromatic N) is 2. The first-order valence-electron chi connectivity index (χ1n) is 5.97. The van der Waals surface area contributed by atoms with Crippen LogP contribution in [0.5, 0.6) is 0 Å². The minimum atomic E-state index is 0.644. The highest BCUT2D eigenvalue weighted by Crippen LogP contribution is 2.25. The van der Waals surface area contributed by atoms with Gasteiger partial charge in [0.15, 0.2) is 5.82 Å². The van der Waals surface area contributed by atoms with Crippen molar-refractivity contribution in [3.05, 3.63) is 72.0 Å². The van der Waals surface area contributed by atoms with Crippen LogP contribution in [0.15, 0.2) is 67.0 Å². The molecule has 3 heteroatoms. The summed E-state index contributed by atoms with van der Waals surface area (Å²) in [5.41, 5.74) is 2.95. The fourth-order valence-electron chi connectivity index (χ4n) is 1.89. The summed E-state index contributed by atoms with van der Waals surface area (Å²) in [6.45, 7) is 0. The standard InChI is InChI=1S/C16H11ClN2/c17-15-9-5-4-8-14(15)16-18-10-13(11-19-16)12-6-2-1-3-7-12/h1-11H. The number of hydrogen-bond acceptors (Lipinski definition) is 2. The maximum atomic E-state index is 6.14. The molecule has 92 valence electrons. The Morgan fingerprint density at radius 3 is 2.00 bits per heavy atom. The lowest BCUT2D eigenvalue weighted by molar-refractivity contribution is 1.18. The van der Waals surface area contributed by atoms with Crippen molar-refractivity contribution in [2.24, 2.45) is 0 Å². The van der Waals surface area contributed by atoms with Crippen molar-refractivity contribution >= 4 is 11.6 Å². The summed E-state index contributed by atoms with van der Waals surface area (Å²) < 4.78 is 0. The Kier molecular flexibility index (Phi) is 3.25. The van der Waals surface area contributed by atoms with E-state index in [9.17, 15) is 0 Å². The molecule has 0 bridgehead atoms. The molecule has 0 saturated carbocycles. The quantitative estimate of drug-likeness (QED) is 0.684. The van der Waals surface area contributed by atoms with Crippen LogP contribution in [-0.2, 0) is 0 Å². The van der Waals surface area contributed by atoms with Crippen LogP contribution >= 0.6 is 11.6 Å². The van der Waals surface area contributed by atoms with Crippen LogP contribution in [0.1, 0.15) is 0 Å². The van der Waals surface area contributed by atoms with Gasteiger partial charge in [0.25, 0.3) is 0 Å². The van der Waals surface area contributed by atoms with Crippen molar-refractivity contribution < 1.29 is 0 Å². The molecular weight excluding hydrogens is 256 g/mol. The van der Waals surface area contributed by atoms with Crippen molar-refractivity contribution in [3.63, 3.8) is 0 Å². The largest absolute Gasteiger partial charge is 0.236 e. The van der Waals surface area contributed by atoms with Gasteiger partial charge in [0.05, 0.1) is 5.02 Å². The molecule has 1 heterocycles. The predicted molar refractivity (Wildman–Crippen MR) is 77.9 cm³/mol. The average Bonchev–Trinajstić information content (AvgIpc) is 2.49. The van der Waals surface area contributed by atoms with E-state index in [1.165, 1.54) is 0 Å². The van der Waals surface area contributed by atoms with Crippen LogP contribution in [0.2, 0.25) is 5.02 Å². The molecule has 0 amide bonds. The smallest absolute Gasteiger partial charge is 0.160 e. The predicted octanol–water partition coefficient (Wildman–Crippen LogP) is 4.46. The Bertz CT molecular complexity index is 679. The minimum Gasteiger partial charge on any atom is -0.236 e. The topological polar surface area (TPSA) is 25.8 Å². The molecule has 0 atom stereocenters. The van der Waals surface area contributed by atoms with Crippen LogP contribution in [-0.4, -0.2) is 9.97 Å². The minimum absolute atomic E-state index is 0.644. The highest BCUT2D eigenvalue weighted by molar-refractivity contribution is 6.33. The van der Waals surface area contributed by atoms with Gasteiger partial charge in [0.1, 0.15) is 0 Å². The molecule has 0 radical (unpaired) electrons. The van der Waals surface area contributed by atoms with Gasteiger partial charge in [-0.1, -0.05) is 54.1 Å². The molecule has 19 heavy (non-hydrogen) atoms. The summed E-state index contributed by atoms with van der Waals surface area (Å²) >= 11 is 6.14. The molecule has 0 fully saturated rings. The lowest BCUT2D eigenvalue weighted by Crippen LogP contribution is -1.90. The molecule has 0 aliphatic heterocycles. The second-order valence-corrected chi connectivity index (χ2v) is 4.55. The SMILES string of the molecule is Clc1ccccc1-c1ncc(-c2ccccc2)cn1. The van der Waals surface area contributed by atoms with E-state index in [1.807, 2.05) is 67.0 Å². The first-order valence-corrected chi connectivity index (χ1v) is 6.35. The van der Waals surface area contributed by atoms with E-state index in [4.69, 9.17) is 11.6 Å². The molecule has 2 nitrogen and oxygen atoms in total. The van der Waals surface area contributed by atoms with Crippen LogP contribution < -0.4 is 0 Å². The van der Waals surface area contributed by atoms with Crippen molar-refractivity contribution in [3.8, 4) is 22.5 Å². The second-order valence-electron chi connectivity index (χ2n) is 4.14. The summed E-state index contributed by atoms with van der Waals surface area (Å²) in [4.78, 5) is 8.78. The molecule has 3 rings (SSSR count). The summed E-state index contributed by atoms with van der Waals surface area (Å²) in [6, 6.07) is 17.6. The highest BCUT2D eigenvalue weighted by atomic mass is 35.5. The van der Waals surface area contributed by atoms with Gasteiger partial charge in [-0.2, -0.15) is 0 Å². The van der Waals surface area contributed by atoms with E-state index in [0.29, 0.717) is 10.8 Å². The fourth-order valence-corrected chi connectivity index (χ4v) is 2.11. The number of aromatic nitrogens is 2. The van der Waals surface area contributed by atoms with Crippen molar-refractivity contribution in [1.29, 1.82) is 0 Å². The van der Waals surface area contributed by atoms with E-state index in [-0.39, 0.29) is 0 Å². The number of hydrogen-bond donors (Lipinski definition) is 0. The van der Waals surface area contributed by atoms with Crippen molar-refractivity contribution in [1.82, 2.24) is 9.97 Å². The Balaban J connectivity index is 1.98. The van der Waals surface area contributed by atoms with E-state index in [0.717, 1.165) is 16.7 Å². The first-order chi connectivity index (χ1) is 9.34. The summed E-state index contributed by atoms with van der Waals surface area (Å²) in [5.74, 6) is 0.644. The third kappa shape index (κ3) is 2.49. The lowest BCUT2D eigenvalue weighted by Gasteiger charge is -2.04. The van der Waals surface area contributed by atoms with Gasteiger partial charge in [-0.25, -0.2) is 9.97 Å². The van der Waals surface area contributed by atoms with E-state index >= 15 is 0 Å². The molecule has 1 aromatic heterocycles. The lowest BCUT2D eigenvalue weighted by atomic mass is 10.1. The van der Waals surface area contributed by atoms with Gasteiger partial charge in [0.2, 0.25) is 0 Å². The zero-order chi connectivity index (χ0) is 13.1. The molecule has 3 aromatic rings. The summed E-state index contributed by atoms with van der Waals surface area (Å²) in [5, 5.41) is 0.662. The van der Waals surface area contributed by atoms with Crippen LogP contribution in [0.4, 0.5) is 0 Å². The zero-order valence-electron chi connectivity index (χ0n) is 10.1. The third-order valence-electron chi connectivity index (χ3n) is 2.87. The van der Waals surface area contributed by atoms with Crippen LogP contribution in [0.25, 0.3) is 22.5 Å². The monoisotopic (exact) mass is 266 g/mol. The molecular formula is C16H11ClN2. The van der Waals surface area contributed by atoms with Crippen molar-refractivity contribution in [2.75, 3.05) is 0 Å². The van der Waals surface area contributed by atoms with E-state index in [2.05, 4.69) is 9.97 Å². The van der Waals surface area contributed by atoms with Gasteiger partial charge in [-0.3, -0.25) is 0 Å². The molecule has 0 unspecified atom stereocenters. The first kappa shape index (κ1) is 11.9. The molecule has 0 aliphatic carbocycles. The molecule has 0 aliphatic rings. The third-order valence-corrected chi connectivity index (χ3v) is 3.20. The Hall–Kier alpha value is -2.19. The van der Waals surface area contributed by atoms with E-state index in [1.54, 1.807) is 0 Å². The van der Waals surface area contributed by atoms with Gasteiger partial charge < -0.3 is 0 Å². The van der Waals surface area contributed by atoms with Gasteiger partial charge in [0, 0.05) is 23.5 Å². The average molecular weight is 267 g/mol. The number of benzene rings is 2. The molecule has 2 aromatic carbocycles. The zero-order valence-corrected chi connectivity index (χ0v) is 10.9. The Morgan fingerprint density at radius 1 is 0.684 bits per heavy atom. The molecule has 0 saturated heterocycles. The summed E-state index contributed by atoms with van der Waals surface area (Å²) in [6.07, 6.45) is 3.64. The second kappa shape index (κ2) is 5.21. The van der Waals surface area contributed by atoms with Crippen molar-refractivity contribution in [2.45, 2.75) is 0 Å². The van der Waals surface area contributed by atoms with Gasteiger partial charge in [-0.05, 0) is 17.7 Å². The number of halogens is 1. The molecule has 0 spiro atoms. The van der Waals surface area contributed by atoms with Gasteiger partial charge >= 0.3 is 0 Å². The van der Waals surface area contributed by atoms with E-state index < -0.39 is 0 Å².